The fourth-order valence-corrected chi connectivity index (χ4v) is 4.72. The Bertz CT molecular complexity index is 643. The summed E-state index contributed by atoms with van der Waals surface area (Å²) in [4.78, 5) is 12.1. The van der Waals surface area contributed by atoms with Crippen molar-refractivity contribution in [1.82, 2.24) is 0 Å². The maximum atomic E-state index is 12.2. The molecule has 1 saturated carbocycles. The Morgan fingerprint density at radius 3 is 2.38 bits per heavy atom. The maximum absolute atomic E-state index is 12.2. The van der Waals surface area contributed by atoms with Crippen molar-refractivity contribution in [3.63, 3.8) is 0 Å². The van der Waals surface area contributed by atoms with E-state index < -0.39 is 32.5 Å². The lowest BCUT2D eigenvalue weighted by atomic mass is 10.1. The second-order valence-corrected chi connectivity index (χ2v) is 7.90. The van der Waals surface area contributed by atoms with Crippen LogP contribution in [0.15, 0.2) is 24.3 Å². The molecule has 7 heteroatoms. The SMILES string of the molecule is CCOC(=O)C1(N)C(c2ccc(Cl)cc2)C1S(=O)(=O)CC. The summed E-state index contributed by atoms with van der Waals surface area (Å²) in [6, 6.07) is 6.69. The highest BCUT2D eigenvalue weighted by Gasteiger charge is 2.74. The minimum atomic E-state index is -3.46. The summed E-state index contributed by atoms with van der Waals surface area (Å²) < 4.78 is 29.4. The van der Waals surface area contributed by atoms with Gasteiger partial charge in [0.1, 0.15) is 5.54 Å². The first-order chi connectivity index (χ1) is 9.79. The molecule has 2 rings (SSSR count). The minimum absolute atomic E-state index is 0.0693. The molecule has 116 valence electrons. The zero-order valence-corrected chi connectivity index (χ0v) is 13.4. The van der Waals surface area contributed by atoms with Crippen LogP contribution in [0.5, 0.6) is 0 Å². The molecule has 0 heterocycles. The van der Waals surface area contributed by atoms with Crippen LogP contribution >= 0.6 is 11.6 Å². The molecule has 0 radical (unpaired) electrons. The fourth-order valence-electron chi connectivity index (χ4n) is 2.68. The van der Waals surface area contributed by atoms with Crippen molar-refractivity contribution in [1.29, 1.82) is 0 Å². The van der Waals surface area contributed by atoms with E-state index in [1.807, 2.05) is 0 Å². The zero-order valence-electron chi connectivity index (χ0n) is 11.9. The van der Waals surface area contributed by atoms with Gasteiger partial charge in [0.05, 0.1) is 11.9 Å². The molecule has 1 aliphatic carbocycles. The van der Waals surface area contributed by atoms with Gasteiger partial charge in [-0.15, -0.1) is 0 Å². The van der Waals surface area contributed by atoms with Gasteiger partial charge < -0.3 is 10.5 Å². The van der Waals surface area contributed by atoms with Gasteiger partial charge in [-0.2, -0.15) is 0 Å². The van der Waals surface area contributed by atoms with Crippen LogP contribution in [0.4, 0.5) is 0 Å². The van der Waals surface area contributed by atoms with Gasteiger partial charge in [0.25, 0.3) is 0 Å². The Balaban J connectivity index is 2.42. The molecule has 2 N–H and O–H groups in total. The van der Waals surface area contributed by atoms with Crippen LogP contribution in [-0.2, 0) is 19.4 Å². The van der Waals surface area contributed by atoms with Gasteiger partial charge in [-0.3, -0.25) is 0 Å². The third-order valence-electron chi connectivity index (χ3n) is 3.83. The third-order valence-corrected chi connectivity index (χ3v) is 6.32. The van der Waals surface area contributed by atoms with Crippen molar-refractivity contribution in [2.24, 2.45) is 5.73 Å². The number of benzene rings is 1. The number of esters is 1. The highest BCUT2D eigenvalue weighted by Crippen LogP contribution is 2.55. The van der Waals surface area contributed by atoms with Crippen LogP contribution in [0.3, 0.4) is 0 Å². The van der Waals surface area contributed by atoms with Gasteiger partial charge in [-0.1, -0.05) is 30.7 Å². The standard InChI is InChI=1S/C14H18ClNO4S/c1-3-20-13(17)14(16)11(12(14)21(18,19)4-2)9-5-7-10(15)8-6-9/h5-8,11-12H,3-4,16H2,1-2H3. The molecule has 0 bridgehead atoms. The Hall–Kier alpha value is -1.11. The number of carbonyl (C=O) groups is 1. The van der Waals surface area contributed by atoms with E-state index in [9.17, 15) is 13.2 Å². The number of halogens is 1. The van der Waals surface area contributed by atoms with Crippen LogP contribution in [-0.4, -0.2) is 37.5 Å². The monoisotopic (exact) mass is 331 g/mol. The number of rotatable bonds is 5. The van der Waals surface area contributed by atoms with Gasteiger partial charge in [0, 0.05) is 16.7 Å². The molecular weight excluding hydrogens is 314 g/mol. The van der Waals surface area contributed by atoms with E-state index in [0.717, 1.165) is 0 Å². The summed E-state index contributed by atoms with van der Waals surface area (Å²) in [5.74, 6) is -1.34. The predicted octanol–water partition coefficient (Wildman–Crippen LogP) is 1.50. The minimum Gasteiger partial charge on any atom is -0.465 e. The smallest absolute Gasteiger partial charge is 0.328 e. The Morgan fingerprint density at radius 2 is 1.90 bits per heavy atom. The van der Waals surface area contributed by atoms with Crippen molar-refractivity contribution in [2.75, 3.05) is 12.4 Å². The molecule has 21 heavy (non-hydrogen) atoms. The quantitative estimate of drug-likeness (QED) is 0.826. The summed E-state index contributed by atoms with van der Waals surface area (Å²) in [5, 5.41) is -0.414. The van der Waals surface area contributed by atoms with Crippen molar-refractivity contribution in [3.8, 4) is 0 Å². The number of ether oxygens (including phenoxy) is 1. The average molecular weight is 332 g/mol. The molecular formula is C14H18ClNO4S. The molecule has 0 aliphatic heterocycles. The van der Waals surface area contributed by atoms with Crippen molar-refractivity contribution in [2.45, 2.75) is 30.6 Å². The van der Waals surface area contributed by atoms with Crippen LogP contribution in [0.2, 0.25) is 5.02 Å². The molecule has 0 aromatic heterocycles. The molecule has 3 atom stereocenters. The summed E-state index contributed by atoms with van der Waals surface area (Å²) in [7, 11) is -3.46. The zero-order chi connectivity index (χ0) is 15.8. The lowest BCUT2D eigenvalue weighted by Gasteiger charge is -2.10. The van der Waals surface area contributed by atoms with Gasteiger partial charge in [0.2, 0.25) is 0 Å². The normalized spacial score (nSPS) is 28.2. The van der Waals surface area contributed by atoms with Crippen LogP contribution in [0.1, 0.15) is 25.3 Å². The highest BCUT2D eigenvalue weighted by molar-refractivity contribution is 7.92. The number of hydrogen-bond acceptors (Lipinski definition) is 5. The first-order valence-electron chi connectivity index (χ1n) is 6.72. The van der Waals surface area contributed by atoms with E-state index in [-0.39, 0.29) is 12.4 Å². The lowest BCUT2D eigenvalue weighted by Crippen LogP contribution is -2.41. The average Bonchev–Trinajstić information content (AvgIpc) is 3.09. The molecule has 0 amide bonds. The summed E-state index contributed by atoms with van der Waals surface area (Å²) >= 11 is 5.83. The van der Waals surface area contributed by atoms with E-state index >= 15 is 0 Å². The number of nitrogens with two attached hydrogens (primary N) is 1. The topological polar surface area (TPSA) is 86.5 Å². The number of carbonyl (C=O) groups excluding carboxylic acids is 1. The molecule has 5 nitrogen and oxygen atoms in total. The van der Waals surface area contributed by atoms with Crippen LogP contribution in [0, 0.1) is 0 Å². The van der Waals surface area contributed by atoms with Crippen molar-refractivity contribution in [3.05, 3.63) is 34.9 Å². The summed E-state index contributed by atoms with van der Waals surface area (Å²) in [5.41, 5.74) is 5.27. The van der Waals surface area contributed by atoms with Gasteiger partial charge in [-0.25, -0.2) is 13.2 Å². The van der Waals surface area contributed by atoms with E-state index in [1.165, 1.54) is 6.92 Å². The maximum Gasteiger partial charge on any atom is 0.328 e. The first-order valence-corrected chi connectivity index (χ1v) is 8.81. The van der Waals surface area contributed by atoms with Crippen LogP contribution in [0.25, 0.3) is 0 Å². The molecule has 1 aromatic rings. The lowest BCUT2D eigenvalue weighted by molar-refractivity contribution is -0.145. The second kappa shape index (κ2) is 5.59. The molecule has 1 fully saturated rings. The molecule has 0 spiro atoms. The van der Waals surface area contributed by atoms with Crippen LogP contribution < -0.4 is 5.73 Å². The van der Waals surface area contributed by atoms with Gasteiger partial charge in [-0.05, 0) is 24.6 Å². The van der Waals surface area contributed by atoms with Gasteiger partial charge in [0.15, 0.2) is 9.84 Å². The highest BCUT2D eigenvalue weighted by atomic mass is 35.5. The largest absolute Gasteiger partial charge is 0.465 e. The Labute approximate surface area is 129 Å². The van der Waals surface area contributed by atoms with Gasteiger partial charge >= 0.3 is 5.97 Å². The summed E-state index contributed by atoms with van der Waals surface area (Å²) in [6.07, 6.45) is 0. The van der Waals surface area contributed by atoms with E-state index in [2.05, 4.69) is 0 Å². The summed E-state index contributed by atoms with van der Waals surface area (Å²) in [6.45, 7) is 3.35. The molecule has 1 aromatic carbocycles. The van der Waals surface area contributed by atoms with E-state index in [4.69, 9.17) is 22.1 Å². The third kappa shape index (κ3) is 2.67. The number of hydrogen-bond donors (Lipinski definition) is 1. The second-order valence-electron chi connectivity index (χ2n) is 5.05. The molecule has 3 unspecified atom stereocenters. The van der Waals surface area contributed by atoms with Crippen molar-refractivity contribution < 1.29 is 17.9 Å². The predicted molar refractivity (Wildman–Crippen MR) is 81.0 cm³/mol. The molecule has 0 saturated heterocycles. The molecule has 1 aliphatic rings. The van der Waals surface area contributed by atoms with E-state index in [1.54, 1.807) is 31.2 Å². The Morgan fingerprint density at radius 1 is 1.33 bits per heavy atom. The Kier molecular flexibility index (Phi) is 4.33. The fraction of sp³-hybridized carbons (Fsp3) is 0.500. The van der Waals surface area contributed by atoms with Crippen molar-refractivity contribution >= 4 is 27.4 Å². The first kappa shape index (κ1) is 16.3. The van der Waals surface area contributed by atoms with E-state index in [0.29, 0.717) is 10.6 Å². The number of sulfone groups is 1.